The van der Waals surface area contributed by atoms with E-state index in [0.717, 1.165) is 17.1 Å². The van der Waals surface area contributed by atoms with Gasteiger partial charge in [0.2, 0.25) is 0 Å². The standard InChI is InChI=1S/C13H18ClN5O/c1-8-12(9(2)18(4)16-8)13(20)17(3)7-11-10(14)6-15-19(11)5/h6H,7H2,1-5H3. The van der Waals surface area contributed by atoms with Gasteiger partial charge in [-0.25, -0.2) is 0 Å². The summed E-state index contributed by atoms with van der Waals surface area (Å²) in [5.41, 5.74) is 3.04. The lowest BCUT2D eigenvalue weighted by molar-refractivity contribution is 0.0780. The highest BCUT2D eigenvalue weighted by Crippen LogP contribution is 2.19. The lowest BCUT2D eigenvalue weighted by atomic mass is 10.1. The van der Waals surface area contributed by atoms with Gasteiger partial charge >= 0.3 is 0 Å². The number of nitrogens with zero attached hydrogens (tertiary/aromatic N) is 5. The van der Waals surface area contributed by atoms with Gasteiger partial charge in [0.05, 0.1) is 34.7 Å². The summed E-state index contributed by atoms with van der Waals surface area (Å²) < 4.78 is 3.39. The lowest BCUT2D eigenvalue weighted by Crippen LogP contribution is -2.28. The molecule has 0 aliphatic heterocycles. The quantitative estimate of drug-likeness (QED) is 0.866. The molecular weight excluding hydrogens is 278 g/mol. The van der Waals surface area contributed by atoms with Crippen LogP contribution in [0.5, 0.6) is 0 Å². The molecule has 2 rings (SSSR count). The summed E-state index contributed by atoms with van der Waals surface area (Å²) in [6, 6.07) is 0. The third kappa shape index (κ3) is 2.43. The summed E-state index contributed by atoms with van der Waals surface area (Å²) in [5.74, 6) is -0.0645. The Bertz CT molecular complexity index is 639. The molecule has 7 heteroatoms. The van der Waals surface area contributed by atoms with Crippen molar-refractivity contribution in [2.75, 3.05) is 7.05 Å². The molecule has 0 N–H and O–H groups in total. The molecular formula is C13H18ClN5O. The number of amides is 1. The van der Waals surface area contributed by atoms with Crippen molar-refractivity contribution >= 4 is 17.5 Å². The summed E-state index contributed by atoms with van der Waals surface area (Å²) in [6.45, 7) is 4.13. The smallest absolute Gasteiger partial charge is 0.257 e. The highest BCUT2D eigenvalue weighted by molar-refractivity contribution is 6.31. The first kappa shape index (κ1) is 14.6. The second kappa shape index (κ2) is 5.28. The van der Waals surface area contributed by atoms with Gasteiger partial charge in [0.25, 0.3) is 5.91 Å². The molecule has 0 bridgehead atoms. The van der Waals surface area contributed by atoms with E-state index in [1.54, 1.807) is 34.6 Å². The van der Waals surface area contributed by atoms with Crippen LogP contribution in [0.3, 0.4) is 0 Å². The van der Waals surface area contributed by atoms with Crippen LogP contribution in [0.4, 0.5) is 0 Å². The molecule has 6 nitrogen and oxygen atoms in total. The largest absolute Gasteiger partial charge is 0.336 e. The molecule has 0 saturated carbocycles. The second-order valence-electron chi connectivity index (χ2n) is 4.89. The van der Waals surface area contributed by atoms with E-state index >= 15 is 0 Å². The maximum atomic E-state index is 12.5. The number of rotatable bonds is 3. The molecule has 0 radical (unpaired) electrons. The van der Waals surface area contributed by atoms with Crippen LogP contribution in [0.15, 0.2) is 6.20 Å². The van der Waals surface area contributed by atoms with Crippen LogP contribution in [0.1, 0.15) is 27.4 Å². The van der Waals surface area contributed by atoms with Gasteiger partial charge < -0.3 is 4.90 Å². The lowest BCUT2D eigenvalue weighted by Gasteiger charge is -2.17. The monoisotopic (exact) mass is 295 g/mol. The normalized spacial score (nSPS) is 10.9. The Morgan fingerprint density at radius 1 is 1.35 bits per heavy atom. The number of carbonyl (C=O) groups excluding carboxylic acids is 1. The van der Waals surface area contributed by atoms with Gasteiger partial charge in [0.15, 0.2) is 0 Å². The molecule has 0 aromatic carbocycles. The molecule has 0 unspecified atom stereocenters. The van der Waals surface area contributed by atoms with Crippen molar-refractivity contribution in [1.29, 1.82) is 0 Å². The molecule has 2 aromatic rings. The van der Waals surface area contributed by atoms with Crippen molar-refractivity contribution < 1.29 is 4.79 Å². The van der Waals surface area contributed by atoms with E-state index in [1.165, 1.54) is 0 Å². The molecule has 0 aliphatic carbocycles. The van der Waals surface area contributed by atoms with E-state index in [2.05, 4.69) is 10.2 Å². The molecule has 108 valence electrons. The second-order valence-corrected chi connectivity index (χ2v) is 5.30. The van der Waals surface area contributed by atoms with E-state index in [4.69, 9.17) is 11.6 Å². The Balaban J connectivity index is 2.25. The van der Waals surface area contributed by atoms with Crippen LogP contribution in [0.25, 0.3) is 0 Å². The third-order valence-corrected chi connectivity index (χ3v) is 3.78. The number of aromatic nitrogens is 4. The van der Waals surface area contributed by atoms with Crippen LogP contribution in [0.2, 0.25) is 5.02 Å². The van der Waals surface area contributed by atoms with E-state index in [1.807, 2.05) is 20.9 Å². The minimum absolute atomic E-state index is 0.0645. The predicted octanol–water partition coefficient (Wildman–Crippen LogP) is 1.70. The van der Waals surface area contributed by atoms with Gasteiger partial charge in [-0.05, 0) is 13.8 Å². The van der Waals surface area contributed by atoms with E-state index in [0.29, 0.717) is 17.1 Å². The Kier molecular flexibility index (Phi) is 3.85. The summed E-state index contributed by atoms with van der Waals surface area (Å²) in [6.07, 6.45) is 1.58. The van der Waals surface area contributed by atoms with Crippen LogP contribution in [-0.2, 0) is 20.6 Å². The van der Waals surface area contributed by atoms with Gasteiger partial charge in [-0.1, -0.05) is 11.6 Å². The van der Waals surface area contributed by atoms with Crippen molar-refractivity contribution in [3.05, 3.63) is 33.9 Å². The van der Waals surface area contributed by atoms with Crippen LogP contribution in [-0.4, -0.2) is 37.4 Å². The fourth-order valence-corrected chi connectivity index (χ4v) is 2.41. The fourth-order valence-electron chi connectivity index (χ4n) is 2.18. The number of hydrogen-bond donors (Lipinski definition) is 0. The number of hydrogen-bond acceptors (Lipinski definition) is 3. The first-order valence-corrected chi connectivity index (χ1v) is 6.62. The maximum Gasteiger partial charge on any atom is 0.257 e. The number of carbonyl (C=O) groups is 1. The Morgan fingerprint density at radius 3 is 2.45 bits per heavy atom. The Morgan fingerprint density at radius 2 is 2.00 bits per heavy atom. The first-order valence-electron chi connectivity index (χ1n) is 6.25. The summed E-state index contributed by atoms with van der Waals surface area (Å²) >= 11 is 6.07. The average molecular weight is 296 g/mol. The molecule has 0 atom stereocenters. The van der Waals surface area contributed by atoms with Crippen LogP contribution >= 0.6 is 11.6 Å². The molecule has 0 fully saturated rings. The Hall–Kier alpha value is -1.82. The minimum Gasteiger partial charge on any atom is -0.336 e. The predicted molar refractivity (Wildman–Crippen MR) is 76.7 cm³/mol. The van der Waals surface area contributed by atoms with Gasteiger partial charge in [0.1, 0.15) is 0 Å². The molecule has 0 spiro atoms. The highest BCUT2D eigenvalue weighted by atomic mass is 35.5. The van der Waals surface area contributed by atoms with Crippen LogP contribution < -0.4 is 0 Å². The third-order valence-electron chi connectivity index (χ3n) is 3.47. The van der Waals surface area contributed by atoms with Gasteiger partial charge in [-0.15, -0.1) is 0 Å². The summed E-state index contributed by atoms with van der Waals surface area (Å²) in [5, 5.41) is 8.90. The van der Waals surface area contributed by atoms with Crippen molar-refractivity contribution in [3.8, 4) is 0 Å². The van der Waals surface area contributed by atoms with E-state index in [9.17, 15) is 4.79 Å². The summed E-state index contributed by atoms with van der Waals surface area (Å²) in [7, 11) is 5.38. The molecule has 2 aromatic heterocycles. The molecule has 20 heavy (non-hydrogen) atoms. The molecule has 2 heterocycles. The zero-order valence-corrected chi connectivity index (χ0v) is 13.1. The molecule has 1 amide bonds. The average Bonchev–Trinajstić information content (AvgIpc) is 2.82. The zero-order valence-electron chi connectivity index (χ0n) is 12.3. The minimum atomic E-state index is -0.0645. The Labute approximate surface area is 122 Å². The van der Waals surface area contributed by atoms with Crippen molar-refractivity contribution in [2.45, 2.75) is 20.4 Å². The molecule has 0 aliphatic rings. The molecule has 0 saturated heterocycles. The fraction of sp³-hybridized carbons (Fsp3) is 0.462. The SMILES string of the molecule is Cc1nn(C)c(C)c1C(=O)N(C)Cc1c(Cl)cnn1C. The summed E-state index contributed by atoms with van der Waals surface area (Å²) in [4.78, 5) is 14.2. The topological polar surface area (TPSA) is 56.0 Å². The highest BCUT2D eigenvalue weighted by Gasteiger charge is 2.22. The number of aryl methyl sites for hydroxylation is 3. The van der Waals surface area contributed by atoms with E-state index < -0.39 is 0 Å². The van der Waals surface area contributed by atoms with Crippen molar-refractivity contribution in [2.24, 2.45) is 14.1 Å². The van der Waals surface area contributed by atoms with Gasteiger partial charge in [0, 0.05) is 26.8 Å². The zero-order chi connectivity index (χ0) is 15.0. The van der Waals surface area contributed by atoms with Crippen molar-refractivity contribution in [1.82, 2.24) is 24.5 Å². The van der Waals surface area contributed by atoms with Gasteiger partial charge in [-0.2, -0.15) is 10.2 Å². The van der Waals surface area contributed by atoms with Crippen molar-refractivity contribution in [3.63, 3.8) is 0 Å². The maximum absolute atomic E-state index is 12.5. The van der Waals surface area contributed by atoms with E-state index in [-0.39, 0.29) is 5.91 Å². The van der Waals surface area contributed by atoms with Gasteiger partial charge in [-0.3, -0.25) is 14.2 Å². The van der Waals surface area contributed by atoms with Crippen LogP contribution in [0, 0.1) is 13.8 Å². The number of halogens is 1. The first-order chi connectivity index (χ1) is 9.32.